The fraction of sp³-hybridized carbons (Fsp3) is 0.500. The van der Waals surface area contributed by atoms with E-state index >= 15 is 0 Å². The van der Waals surface area contributed by atoms with Crippen LogP contribution >= 0.6 is 11.6 Å². The molecule has 0 bridgehead atoms. The number of unbranched alkanes of at least 4 members (excludes halogenated alkanes) is 1. The van der Waals surface area contributed by atoms with E-state index in [0.29, 0.717) is 16.6 Å². The maximum atomic E-state index is 8.74. The highest BCUT2D eigenvalue weighted by Crippen LogP contribution is 2.17. The van der Waals surface area contributed by atoms with Gasteiger partial charge in [-0.1, -0.05) is 37.4 Å². The lowest BCUT2D eigenvalue weighted by atomic mass is 10.1. The molecule has 0 heterocycles. The van der Waals surface area contributed by atoms with Crippen molar-refractivity contribution in [1.82, 2.24) is 5.32 Å². The van der Waals surface area contributed by atoms with E-state index in [9.17, 15) is 0 Å². The SMILES string of the molecule is CCCCC(C)NCc1ccc(C#N)cc1Cl. The second kappa shape index (κ2) is 7.32. The molecule has 2 nitrogen and oxygen atoms in total. The van der Waals surface area contributed by atoms with Crippen molar-refractivity contribution >= 4 is 11.6 Å². The molecule has 0 aliphatic carbocycles. The maximum absolute atomic E-state index is 8.74. The summed E-state index contributed by atoms with van der Waals surface area (Å²) >= 11 is 6.10. The van der Waals surface area contributed by atoms with E-state index in [1.54, 1.807) is 12.1 Å². The van der Waals surface area contributed by atoms with Gasteiger partial charge in [0, 0.05) is 17.6 Å². The minimum absolute atomic E-state index is 0.502. The van der Waals surface area contributed by atoms with E-state index in [2.05, 4.69) is 25.2 Å². The minimum Gasteiger partial charge on any atom is -0.310 e. The molecule has 0 spiro atoms. The van der Waals surface area contributed by atoms with E-state index < -0.39 is 0 Å². The summed E-state index contributed by atoms with van der Waals surface area (Å²) in [6.45, 7) is 5.15. The van der Waals surface area contributed by atoms with Crippen LogP contribution in [-0.4, -0.2) is 6.04 Å². The first kappa shape index (κ1) is 14.0. The van der Waals surface area contributed by atoms with Crippen LogP contribution in [0.3, 0.4) is 0 Å². The van der Waals surface area contributed by atoms with Gasteiger partial charge >= 0.3 is 0 Å². The zero-order valence-corrected chi connectivity index (χ0v) is 11.2. The van der Waals surface area contributed by atoms with Gasteiger partial charge in [-0.2, -0.15) is 5.26 Å². The molecule has 92 valence electrons. The quantitative estimate of drug-likeness (QED) is 0.832. The predicted molar refractivity (Wildman–Crippen MR) is 72.0 cm³/mol. The molecule has 1 aromatic rings. The third-order valence-corrected chi connectivity index (χ3v) is 3.17. The minimum atomic E-state index is 0.502. The Morgan fingerprint density at radius 1 is 1.47 bits per heavy atom. The topological polar surface area (TPSA) is 35.8 Å². The van der Waals surface area contributed by atoms with Crippen molar-refractivity contribution in [2.24, 2.45) is 0 Å². The van der Waals surface area contributed by atoms with Crippen molar-refractivity contribution in [2.75, 3.05) is 0 Å². The molecule has 0 radical (unpaired) electrons. The van der Waals surface area contributed by atoms with Gasteiger partial charge in [-0.15, -0.1) is 0 Å². The van der Waals surface area contributed by atoms with E-state index in [-0.39, 0.29) is 0 Å². The fourth-order valence-corrected chi connectivity index (χ4v) is 1.90. The number of hydrogen-bond acceptors (Lipinski definition) is 2. The molecule has 0 amide bonds. The number of hydrogen-bond donors (Lipinski definition) is 1. The third-order valence-electron chi connectivity index (χ3n) is 2.81. The van der Waals surface area contributed by atoms with Gasteiger partial charge in [-0.25, -0.2) is 0 Å². The number of nitriles is 1. The number of nitrogens with one attached hydrogen (secondary N) is 1. The molecule has 17 heavy (non-hydrogen) atoms. The van der Waals surface area contributed by atoms with Gasteiger partial charge < -0.3 is 5.32 Å². The highest BCUT2D eigenvalue weighted by Gasteiger charge is 2.04. The summed E-state index contributed by atoms with van der Waals surface area (Å²) in [5.41, 5.74) is 1.66. The Balaban J connectivity index is 2.49. The molecule has 0 saturated heterocycles. The van der Waals surface area contributed by atoms with Crippen LogP contribution in [0.25, 0.3) is 0 Å². The molecule has 0 aromatic heterocycles. The summed E-state index contributed by atoms with van der Waals surface area (Å²) in [5, 5.41) is 12.9. The monoisotopic (exact) mass is 250 g/mol. The summed E-state index contributed by atoms with van der Waals surface area (Å²) in [6, 6.07) is 8.02. The van der Waals surface area contributed by atoms with Crippen molar-refractivity contribution < 1.29 is 0 Å². The van der Waals surface area contributed by atoms with Crippen molar-refractivity contribution in [3.63, 3.8) is 0 Å². The van der Waals surface area contributed by atoms with E-state index in [4.69, 9.17) is 16.9 Å². The summed E-state index contributed by atoms with van der Waals surface area (Å²) in [7, 11) is 0. The van der Waals surface area contributed by atoms with Crippen LogP contribution in [-0.2, 0) is 6.54 Å². The molecule has 0 aliphatic rings. The Labute approximate surface area is 109 Å². The Bertz CT molecular complexity index is 396. The largest absolute Gasteiger partial charge is 0.310 e. The number of rotatable bonds is 6. The van der Waals surface area contributed by atoms with Crippen LogP contribution < -0.4 is 5.32 Å². The standard InChI is InChI=1S/C14H19ClN2/c1-3-4-5-11(2)17-10-13-7-6-12(9-16)8-14(13)15/h6-8,11,17H,3-5,10H2,1-2H3. The van der Waals surface area contributed by atoms with Gasteiger partial charge in [0.25, 0.3) is 0 Å². The molecule has 0 aliphatic heterocycles. The smallest absolute Gasteiger partial charge is 0.0992 e. The molecule has 1 N–H and O–H groups in total. The molecule has 1 rings (SSSR count). The van der Waals surface area contributed by atoms with Crippen molar-refractivity contribution in [1.29, 1.82) is 5.26 Å². The number of benzene rings is 1. The van der Waals surface area contributed by atoms with Crippen LogP contribution in [0, 0.1) is 11.3 Å². The van der Waals surface area contributed by atoms with Crippen molar-refractivity contribution in [3.05, 3.63) is 34.3 Å². The highest BCUT2D eigenvalue weighted by molar-refractivity contribution is 6.31. The Hall–Kier alpha value is -1.04. The second-order valence-corrected chi connectivity index (χ2v) is 4.75. The normalized spacial score (nSPS) is 12.1. The average molecular weight is 251 g/mol. The van der Waals surface area contributed by atoms with E-state index in [0.717, 1.165) is 12.1 Å². The first-order chi connectivity index (χ1) is 8.17. The first-order valence-electron chi connectivity index (χ1n) is 6.09. The Morgan fingerprint density at radius 2 is 2.24 bits per heavy atom. The first-order valence-corrected chi connectivity index (χ1v) is 6.47. The van der Waals surface area contributed by atoms with Crippen LogP contribution in [0.2, 0.25) is 5.02 Å². The summed E-state index contributed by atoms with van der Waals surface area (Å²) in [4.78, 5) is 0. The lowest BCUT2D eigenvalue weighted by Gasteiger charge is -2.14. The molecule has 1 aromatic carbocycles. The molecular formula is C14H19ClN2. The molecule has 3 heteroatoms. The average Bonchev–Trinajstić information content (AvgIpc) is 2.34. The predicted octanol–water partition coefficient (Wildman–Crippen LogP) is 3.88. The molecule has 0 saturated carbocycles. The van der Waals surface area contributed by atoms with Crippen molar-refractivity contribution in [3.8, 4) is 6.07 Å². The highest BCUT2D eigenvalue weighted by atomic mass is 35.5. The molecule has 1 unspecified atom stereocenters. The van der Waals surface area contributed by atoms with Crippen LogP contribution in [0.1, 0.15) is 44.2 Å². The second-order valence-electron chi connectivity index (χ2n) is 4.34. The lowest BCUT2D eigenvalue weighted by molar-refractivity contribution is 0.495. The van der Waals surface area contributed by atoms with Crippen LogP contribution in [0.15, 0.2) is 18.2 Å². The van der Waals surface area contributed by atoms with Gasteiger partial charge in [0.05, 0.1) is 11.6 Å². The molecule has 0 fully saturated rings. The Morgan fingerprint density at radius 3 is 2.82 bits per heavy atom. The van der Waals surface area contributed by atoms with Crippen LogP contribution in [0.5, 0.6) is 0 Å². The maximum Gasteiger partial charge on any atom is 0.0992 e. The fourth-order valence-electron chi connectivity index (χ4n) is 1.66. The zero-order valence-electron chi connectivity index (χ0n) is 10.5. The van der Waals surface area contributed by atoms with Crippen LogP contribution in [0.4, 0.5) is 0 Å². The number of halogens is 1. The molecular weight excluding hydrogens is 232 g/mol. The van der Waals surface area contributed by atoms with E-state index in [1.807, 2.05) is 6.07 Å². The van der Waals surface area contributed by atoms with Crippen molar-refractivity contribution in [2.45, 2.75) is 45.7 Å². The van der Waals surface area contributed by atoms with Gasteiger partial charge in [0.1, 0.15) is 0 Å². The lowest BCUT2D eigenvalue weighted by Crippen LogP contribution is -2.25. The summed E-state index contributed by atoms with van der Waals surface area (Å²) in [6.07, 6.45) is 3.66. The zero-order chi connectivity index (χ0) is 12.7. The summed E-state index contributed by atoms with van der Waals surface area (Å²) < 4.78 is 0. The van der Waals surface area contributed by atoms with Gasteiger partial charge in [-0.05, 0) is 31.0 Å². The summed E-state index contributed by atoms with van der Waals surface area (Å²) in [5.74, 6) is 0. The number of nitrogens with zero attached hydrogens (tertiary/aromatic N) is 1. The molecule has 1 atom stereocenters. The van der Waals surface area contributed by atoms with Gasteiger partial charge in [0.2, 0.25) is 0 Å². The third kappa shape index (κ3) is 4.77. The Kier molecular flexibility index (Phi) is 6.04. The van der Waals surface area contributed by atoms with Gasteiger partial charge in [-0.3, -0.25) is 0 Å². The van der Waals surface area contributed by atoms with Gasteiger partial charge in [0.15, 0.2) is 0 Å². The van der Waals surface area contributed by atoms with E-state index in [1.165, 1.54) is 19.3 Å².